The summed E-state index contributed by atoms with van der Waals surface area (Å²) in [5, 5.41) is 0. The van der Waals surface area contributed by atoms with E-state index in [1.807, 2.05) is 24.4 Å². The maximum atomic E-state index is 12.1. The maximum absolute atomic E-state index is 12.1. The Morgan fingerprint density at radius 2 is 2.19 bits per heavy atom. The van der Waals surface area contributed by atoms with Crippen molar-refractivity contribution in [3.05, 3.63) is 36.3 Å². The van der Waals surface area contributed by atoms with Crippen molar-refractivity contribution in [3.63, 3.8) is 0 Å². The molecule has 0 radical (unpaired) electrons. The van der Waals surface area contributed by atoms with Crippen molar-refractivity contribution in [2.45, 2.75) is 44.7 Å². The Balaban J connectivity index is 1.53. The topological polar surface area (TPSA) is 37.6 Å². The van der Waals surface area contributed by atoms with Crippen molar-refractivity contribution in [1.82, 2.24) is 14.3 Å². The van der Waals surface area contributed by atoms with E-state index in [0.29, 0.717) is 11.8 Å². The molecular formula is C17H21N3O. The van der Waals surface area contributed by atoms with Crippen LogP contribution in [-0.4, -0.2) is 32.7 Å². The first kappa shape index (κ1) is 13.0. The van der Waals surface area contributed by atoms with Gasteiger partial charge in [0.25, 0.3) is 0 Å². The molecule has 1 aliphatic carbocycles. The van der Waals surface area contributed by atoms with E-state index in [1.54, 1.807) is 0 Å². The van der Waals surface area contributed by atoms with Crippen molar-refractivity contribution in [1.29, 1.82) is 0 Å². The van der Waals surface area contributed by atoms with Crippen LogP contribution in [0.5, 0.6) is 0 Å². The number of fused-ring (bicyclic) bond motifs is 1. The summed E-state index contributed by atoms with van der Waals surface area (Å²) in [5.41, 5.74) is 2.11. The van der Waals surface area contributed by atoms with E-state index in [9.17, 15) is 4.79 Å². The lowest BCUT2D eigenvalue weighted by Crippen LogP contribution is -2.37. The third-order valence-electron chi connectivity index (χ3n) is 5.01. The molecular weight excluding hydrogens is 262 g/mol. The summed E-state index contributed by atoms with van der Waals surface area (Å²) in [7, 11) is 0. The zero-order valence-corrected chi connectivity index (χ0v) is 12.2. The number of aromatic nitrogens is 2. The van der Waals surface area contributed by atoms with Crippen LogP contribution in [0.1, 0.15) is 37.8 Å². The van der Waals surface area contributed by atoms with Crippen LogP contribution in [-0.2, 0) is 11.3 Å². The second-order valence-corrected chi connectivity index (χ2v) is 6.34. The number of hydrogen-bond donors (Lipinski definition) is 0. The van der Waals surface area contributed by atoms with E-state index >= 15 is 0 Å². The zero-order chi connectivity index (χ0) is 14.2. The normalized spacial score (nSPS) is 27.0. The van der Waals surface area contributed by atoms with Gasteiger partial charge in [0, 0.05) is 37.3 Å². The average molecular weight is 283 g/mol. The van der Waals surface area contributed by atoms with Crippen LogP contribution >= 0.6 is 0 Å². The second-order valence-electron chi connectivity index (χ2n) is 6.34. The fourth-order valence-electron chi connectivity index (χ4n) is 4.02. The van der Waals surface area contributed by atoms with Crippen LogP contribution in [0, 0.1) is 5.92 Å². The maximum Gasteiger partial charge on any atom is 0.137 e. The minimum atomic E-state index is 0.282. The molecule has 4 heteroatoms. The Bertz CT molecular complexity index is 630. The molecule has 1 aliphatic heterocycles. The summed E-state index contributed by atoms with van der Waals surface area (Å²) in [6, 6.07) is 6.52. The number of rotatable bonds is 3. The molecule has 3 heterocycles. The van der Waals surface area contributed by atoms with E-state index in [1.165, 1.54) is 12.8 Å². The molecule has 1 saturated heterocycles. The third-order valence-corrected chi connectivity index (χ3v) is 5.01. The molecule has 0 aromatic carbocycles. The van der Waals surface area contributed by atoms with E-state index in [4.69, 9.17) is 4.98 Å². The van der Waals surface area contributed by atoms with Crippen molar-refractivity contribution in [2.24, 2.45) is 5.92 Å². The molecule has 21 heavy (non-hydrogen) atoms. The molecule has 0 spiro atoms. The van der Waals surface area contributed by atoms with E-state index in [-0.39, 0.29) is 5.92 Å². The first-order valence-corrected chi connectivity index (χ1v) is 8.00. The Morgan fingerprint density at radius 1 is 1.24 bits per heavy atom. The summed E-state index contributed by atoms with van der Waals surface area (Å²) < 4.78 is 2.07. The number of pyridine rings is 1. The highest BCUT2D eigenvalue weighted by Crippen LogP contribution is 2.33. The van der Waals surface area contributed by atoms with Crippen LogP contribution in [0.3, 0.4) is 0 Å². The average Bonchev–Trinajstić information content (AvgIpc) is 3.17. The SMILES string of the molecule is O=C1CCCC1C1CCCN1Cc1cn2ccccc2n1. The van der Waals surface area contributed by atoms with Gasteiger partial charge in [0.15, 0.2) is 0 Å². The highest BCUT2D eigenvalue weighted by molar-refractivity contribution is 5.83. The fraction of sp³-hybridized carbons (Fsp3) is 0.529. The standard InChI is InChI=1S/C17H21N3O/c21-16-7-3-5-14(16)15-6-4-10-19(15)11-13-12-20-9-2-1-8-17(20)18-13/h1-2,8-9,12,14-15H,3-7,10-11H2. The number of carbonyl (C=O) groups is 1. The molecule has 2 unspecified atom stereocenters. The molecule has 0 N–H and O–H groups in total. The summed E-state index contributed by atoms with van der Waals surface area (Å²) >= 11 is 0. The molecule has 110 valence electrons. The minimum Gasteiger partial charge on any atom is -0.307 e. The highest BCUT2D eigenvalue weighted by atomic mass is 16.1. The number of likely N-dealkylation sites (tertiary alicyclic amines) is 1. The predicted molar refractivity (Wildman–Crippen MR) is 81.0 cm³/mol. The fourth-order valence-corrected chi connectivity index (χ4v) is 4.02. The molecule has 2 atom stereocenters. The lowest BCUT2D eigenvalue weighted by molar-refractivity contribution is -0.122. The largest absolute Gasteiger partial charge is 0.307 e. The monoisotopic (exact) mass is 283 g/mol. The number of Topliss-reactive ketones (excluding diaryl/α,β-unsaturated/α-hetero) is 1. The van der Waals surface area contributed by atoms with Crippen LogP contribution in [0.2, 0.25) is 0 Å². The van der Waals surface area contributed by atoms with Gasteiger partial charge < -0.3 is 4.40 Å². The van der Waals surface area contributed by atoms with Gasteiger partial charge in [-0.15, -0.1) is 0 Å². The molecule has 2 aromatic rings. The minimum absolute atomic E-state index is 0.282. The Labute approximate surface area is 124 Å². The molecule has 4 nitrogen and oxygen atoms in total. The van der Waals surface area contributed by atoms with Crippen LogP contribution in [0.15, 0.2) is 30.6 Å². The van der Waals surface area contributed by atoms with Gasteiger partial charge in [-0.3, -0.25) is 9.69 Å². The molecule has 0 bridgehead atoms. The smallest absolute Gasteiger partial charge is 0.137 e. The Hall–Kier alpha value is -1.68. The summed E-state index contributed by atoms with van der Waals surface area (Å²) in [5.74, 6) is 0.770. The summed E-state index contributed by atoms with van der Waals surface area (Å²) in [6.07, 6.45) is 9.50. The predicted octanol–water partition coefficient (Wildman–Crippen LogP) is 2.67. The number of nitrogens with zero attached hydrogens (tertiary/aromatic N) is 3. The van der Waals surface area contributed by atoms with Gasteiger partial charge in [0.1, 0.15) is 11.4 Å². The molecule has 2 aliphatic rings. The van der Waals surface area contributed by atoms with Crippen molar-refractivity contribution < 1.29 is 4.79 Å². The number of ketones is 1. The van der Waals surface area contributed by atoms with Gasteiger partial charge >= 0.3 is 0 Å². The Kier molecular flexibility index (Phi) is 3.26. The van der Waals surface area contributed by atoms with Crippen LogP contribution < -0.4 is 0 Å². The van der Waals surface area contributed by atoms with Gasteiger partial charge in [-0.2, -0.15) is 0 Å². The molecule has 4 rings (SSSR count). The second kappa shape index (κ2) is 5.26. The number of carbonyl (C=O) groups excluding carboxylic acids is 1. The van der Waals surface area contributed by atoms with E-state index in [0.717, 1.165) is 43.7 Å². The number of imidazole rings is 1. The lowest BCUT2D eigenvalue weighted by Gasteiger charge is -2.27. The van der Waals surface area contributed by atoms with Crippen LogP contribution in [0.4, 0.5) is 0 Å². The van der Waals surface area contributed by atoms with Gasteiger partial charge in [0.05, 0.1) is 5.69 Å². The molecule has 0 amide bonds. The molecule has 1 saturated carbocycles. The third kappa shape index (κ3) is 2.38. The lowest BCUT2D eigenvalue weighted by atomic mass is 9.95. The molecule has 2 aromatic heterocycles. The van der Waals surface area contributed by atoms with Gasteiger partial charge in [0.2, 0.25) is 0 Å². The van der Waals surface area contributed by atoms with E-state index < -0.39 is 0 Å². The summed E-state index contributed by atoms with van der Waals surface area (Å²) in [6.45, 7) is 1.97. The van der Waals surface area contributed by atoms with Gasteiger partial charge in [-0.1, -0.05) is 6.07 Å². The number of hydrogen-bond acceptors (Lipinski definition) is 3. The highest BCUT2D eigenvalue weighted by Gasteiger charge is 2.38. The van der Waals surface area contributed by atoms with E-state index in [2.05, 4.69) is 15.5 Å². The molecule has 2 fully saturated rings. The van der Waals surface area contributed by atoms with Crippen LogP contribution in [0.25, 0.3) is 5.65 Å². The van der Waals surface area contributed by atoms with Gasteiger partial charge in [-0.25, -0.2) is 4.98 Å². The van der Waals surface area contributed by atoms with Crippen molar-refractivity contribution >= 4 is 11.4 Å². The first-order valence-electron chi connectivity index (χ1n) is 8.00. The van der Waals surface area contributed by atoms with Crippen molar-refractivity contribution in [2.75, 3.05) is 6.54 Å². The van der Waals surface area contributed by atoms with Gasteiger partial charge in [-0.05, 0) is 44.4 Å². The quantitative estimate of drug-likeness (QED) is 0.869. The summed E-state index contributed by atoms with van der Waals surface area (Å²) in [4.78, 5) is 19.2. The Morgan fingerprint density at radius 3 is 3.00 bits per heavy atom. The first-order chi connectivity index (χ1) is 10.3. The van der Waals surface area contributed by atoms with Crippen molar-refractivity contribution in [3.8, 4) is 0 Å². The zero-order valence-electron chi connectivity index (χ0n) is 12.2.